The quantitative estimate of drug-likeness (QED) is 0.859. The van der Waals surface area contributed by atoms with Crippen molar-refractivity contribution in [1.29, 1.82) is 0 Å². The summed E-state index contributed by atoms with van der Waals surface area (Å²) in [5, 5.41) is 2.93. The third kappa shape index (κ3) is 2.51. The normalized spacial score (nSPS) is 20.9. The molecule has 2 rings (SSSR count). The number of aryl methyl sites for hydroxylation is 1. The molecule has 4 heteroatoms. The molecule has 1 saturated heterocycles. The third-order valence-corrected chi connectivity index (χ3v) is 4.06. The van der Waals surface area contributed by atoms with Crippen molar-refractivity contribution in [3.63, 3.8) is 0 Å². The summed E-state index contributed by atoms with van der Waals surface area (Å²) in [6, 6.07) is 8.34. The van der Waals surface area contributed by atoms with Gasteiger partial charge in [0.15, 0.2) is 0 Å². The summed E-state index contributed by atoms with van der Waals surface area (Å²) in [6.45, 7) is 8.04. The first-order chi connectivity index (χ1) is 8.98. The third-order valence-electron chi connectivity index (χ3n) is 4.06. The number of nitrogens with two attached hydrogens (primary N) is 1. The minimum atomic E-state index is -0.523. The zero-order valence-corrected chi connectivity index (χ0v) is 11.9. The predicted octanol–water partition coefficient (Wildman–Crippen LogP) is 1.21. The highest BCUT2D eigenvalue weighted by molar-refractivity contribution is 5.86. The molecule has 0 spiro atoms. The fourth-order valence-electron chi connectivity index (χ4n) is 2.84. The van der Waals surface area contributed by atoms with Gasteiger partial charge in [0.25, 0.3) is 0 Å². The molecule has 19 heavy (non-hydrogen) atoms. The maximum atomic E-state index is 12.1. The highest BCUT2D eigenvalue weighted by Crippen LogP contribution is 2.30. The molecule has 0 aromatic heterocycles. The number of benzene rings is 1. The Morgan fingerprint density at radius 1 is 1.42 bits per heavy atom. The molecule has 0 bridgehead atoms. The Bertz CT molecular complexity index is 470. The Labute approximate surface area is 115 Å². The standard InChI is InChI=1S/C15H23N3O/c1-11-6-4-5-7-12(11)13(10-16)18-9-8-17-14(19)15(18,2)3/h4-7,13H,8-10,16H2,1-3H3,(H,17,19). The molecule has 4 nitrogen and oxygen atoms in total. The van der Waals surface area contributed by atoms with E-state index in [0.29, 0.717) is 13.1 Å². The van der Waals surface area contributed by atoms with Crippen LogP contribution in [0.5, 0.6) is 0 Å². The molecule has 3 N–H and O–H groups in total. The van der Waals surface area contributed by atoms with E-state index in [1.165, 1.54) is 11.1 Å². The van der Waals surface area contributed by atoms with Crippen LogP contribution < -0.4 is 11.1 Å². The summed E-state index contributed by atoms with van der Waals surface area (Å²) in [7, 11) is 0. The number of carbonyl (C=O) groups excluding carboxylic acids is 1. The minimum Gasteiger partial charge on any atom is -0.353 e. The topological polar surface area (TPSA) is 58.4 Å². The number of nitrogens with one attached hydrogen (secondary N) is 1. The van der Waals surface area contributed by atoms with Gasteiger partial charge in [-0.15, -0.1) is 0 Å². The second-order valence-corrected chi connectivity index (χ2v) is 5.62. The largest absolute Gasteiger partial charge is 0.353 e. The number of amides is 1. The van der Waals surface area contributed by atoms with Crippen molar-refractivity contribution < 1.29 is 4.79 Å². The van der Waals surface area contributed by atoms with E-state index in [1.807, 2.05) is 26.0 Å². The molecule has 1 fully saturated rings. The summed E-state index contributed by atoms with van der Waals surface area (Å²) >= 11 is 0. The molecular formula is C15H23N3O. The molecule has 104 valence electrons. The van der Waals surface area contributed by atoms with Crippen LogP contribution in [0.1, 0.15) is 31.0 Å². The van der Waals surface area contributed by atoms with Gasteiger partial charge in [0.2, 0.25) is 5.91 Å². The second-order valence-electron chi connectivity index (χ2n) is 5.62. The fraction of sp³-hybridized carbons (Fsp3) is 0.533. The molecule has 1 aliphatic heterocycles. The molecule has 0 saturated carbocycles. The maximum Gasteiger partial charge on any atom is 0.240 e. The van der Waals surface area contributed by atoms with Crippen LogP contribution in [0.2, 0.25) is 0 Å². The lowest BCUT2D eigenvalue weighted by Crippen LogP contribution is -2.63. The highest BCUT2D eigenvalue weighted by atomic mass is 16.2. The second kappa shape index (κ2) is 5.31. The van der Waals surface area contributed by atoms with Crippen molar-refractivity contribution in [2.24, 2.45) is 5.73 Å². The molecular weight excluding hydrogens is 238 g/mol. The van der Waals surface area contributed by atoms with E-state index < -0.39 is 5.54 Å². The van der Waals surface area contributed by atoms with E-state index in [1.54, 1.807) is 0 Å². The lowest BCUT2D eigenvalue weighted by atomic mass is 9.91. The van der Waals surface area contributed by atoms with E-state index in [4.69, 9.17) is 5.73 Å². The molecule has 1 aliphatic rings. The average molecular weight is 261 g/mol. The SMILES string of the molecule is Cc1ccccc1C(CN)N1CCNC(=O)C1(C)C. The number of piperazine rings is 1. The average Bonchev–Trinajstić information content (AvgIpc) is 2.37. The van der Waals surface area contributed by atoms with Crippen LogP contribution in [0.25, 0.3) is 0 Å². The van der Waals surface area contributed by atoms with Crippen molar-refractivity contribution in [2.75, 3.05) is 19.6 Å². The van der Waals surface area contributed by atoms with E-state index in [-0.39, 0.29) is 11.9 Å². The van der Waals surface area contributed by atoms with Crippen LogP contribution in [0.3, 0.4) is 0 Å². The van der Waals surface area contributed by atoms with E-state index in [0.717, 1.165) is 6.54 Å². The number of rotatable bonds is 3. The summed E-state index contributed by atoms with van der Waals surface area (Å²) < 4.78 is 0. The van der Waals surface area contributed by atoms with Crippen molar-refractivity contribution in [2.45, 2.75) is 32.4 Å². The molecule has 1 aromatic rings. The van der Waals surface area contributed by atoms with Gasteiger partial charge in [0, 0.05) is 25.7 Å². The summed E-state index contributed by atoms with van der Waals surface area (Å²) in [6.07, 6.45) is 0. The smallest absolute Gasteiger partial charge is 0.240 e. The van der Waals surface area contributed by atoms with Crippen LogP contribution in [-0.4, -0.2) is 36.0 Å². The first-order valence-corrected chi connectivity index (χ1v) is 6.79. The zero-order chi connectivity index (χ0) is 14.0. The van der Waals surface area contributed by atoms with Crippen LogP contribution in [0.4, 0.5) is 0 Å². The van der Waals surface area contributed by atoms with Crippen LogP contribution in [0, 0.1) is 6.92 Å². The van der Waals surface area contributed by atoms with Gasteiger partial charge in [-0.25, -0.2) is 0 Å². The van der Waals surface area contributed by atoms with Crippen molar-refractivity contribution >= 4 is 5.91 Å². The Morgan fingerprint density at radius 3 is 2.74 bits per heavy atom. The van der Waals surface area contributed by atoms with Crippen LogP contribution in [0.15, 0.2) is 24.3 Å². The van der Waals surface area contributed by atoms with Gasteiger partial charge in [-0.2, -0.15) is 0 Å². The van der Waals surface area contributed by atoms with Crippen molar-refractivity contribution in [1.82, 2.24) is 10.2 Å². The monoisotopic (exact) mass is 261 g/mol. The number of hydrogen-bond acceptors (Lipinski definition) is 3. The van der Waals surface area contributed by atoms with Crippen LogP contribution in [-0.2, 0) is 4.79 Å². The van der Waals surface area contributed by atoms with Gasteiger partial charge in [-0.1, -0.05) is 24.3 Å². The number of hydrogen-bond donors (Lipinski definition) is 2. The Balaban J connectivity index is 2.37. The molecule has 1 heterocycles. The van der Waals surface area contributed by atoms with E-state index in [9.17, 15) is 4.79 Å². The predicted molar refractivity (Wildman–Crippen MR) is 76.8 cm³/mol. The summed E-state index contributed by atoms with van der Waals surface area (Å²) in [5.74, 6) is 0.0748. The fourth-order valence-corrected chi connectivity index (χ4v) is 2.84. The van der Waals surface area contributed by atoms with Gasteiger partial charge in [0.05, 0.1) is 5.54 Å². The van der Waals surface area contributed by atoms with Gasteiger partial charge in [0.1, 0.15) is 0 Å². The Morgan fingerprint density at radius 2 is 2.11 bits per heavy atom. The number of carbonyl (C=O) groups is 1. The summed E-state index contributed by atoms with van der Waals surface area (Å²) in [5.41, 5.74) is 7.91. The molecule has 0 radical (unpaired) electrons. The highest BCUT2D eigenvalue weighted by Gasteiger charge is 2.41. The summed E-state index contributed by atoms with van der Waals surface area (Å²) in [4.78, 5) is 14.3. The van der Waals surface area contributed by atoms with Gasteiger partial charge < -0.3 is 11.1 Å². The Kier molecular flexibility index (Phi) is 3.92. The van der Waals surface area contributed by atoms with Gasteiger partial charge in [-0.3, -0.25) is 9.69 Å². The molecule has 1 unspecified atom stereocenters. The van der Waals surface area contributed by atoms with Gasteiger partial charge >= 0.3 is 0 Å². The molecule has 1 amide bonds. The molecule has 1 aromatic carbocycles. The lowest BCUT2D eigenvalue weighted by molar-refractivity contribution is -0.137. The zero-order valence-electron chi connectivity index (χ0n) is 11.9. The van der Waals surface area contributed by atoms with Crippen molar-refractivity contribution in [3.8, 4) is 0 Å². The van der Waals surface area contributed by atoms with Gasteiger partial charge in [-0.05, 0) is 31.9 Å². The minimum absolute atomic E-state index is 0.0748. The lowest BCUT2D eigenvalue weighted by Gasteiger charge is -2.46. The first-order valence-electron chi connectivity index (χ1n) is 6.79. The van der Waals surface area contributed by atoms with Crippen molar-refractivity contribution in [3.05, 3.63) is 35.4 Å². The maximum absolute atomic E-state index is 12.1. The Hall–Kier alpha value is -1.39. The van der Waals surface area contributed by atoms with E-state index in [2.05, 4.69) is 29.3 Å². The van der Waals surface area contributed by atoms with Crippen LogP contribution >= 0.6 is 0 Å². The molecule has 1 atom stereocenters. The molecule has 0 aliphatic carbocycles. The van der Waals surface area contributed by atoms with E-state index >= 15 is 0 Å². The first kappa shape index (κ1) is 14.0. The number of nitrogens with zero attached hydrogens (tertiary/aromatic N) is 1.